The summed E-state index contributed by atoms with van der Waals surface area (Å²) in [5, 5.41) is 10.4. The van der Waals surface area contributed by atoms with Crippen molar-refractivity contribution in [3.8, 4) is 17.6 Å². The largest absolute Gasteiger partial charge is 0.492 e. The molecule has 0 radical (unpaired) electrons. The summed E-state index contributed by atoms with van der Waals surface area (Å²) in [6.45, 7) is 2.94. The van der Waals surface area contributed by atoms with Gasteiger partial charge in [-0.1, -0.05) is 23.4 Å². The van der Waals surface area contributed by atoms with E-state index in [1.165, 1.54) is 11.3 Å². The van der Waals surface area contributed by atoms with Crippen molar-refractivity contribution in [1.29, 1.82) is 0 Å². The Labute approximate surface area is 162 Å². The Kier molecular flexibility index (Phi) is 7.46. The molecule has 0 aliphatic heterocycles. The second-order valence-electron chi connectivity index (χ2n) is 5.95. The fourth-order valence-electron chi connectivity index (χ4n) is 2.22. The van der Waals surface area contributed by atoms with Crippen molar-refractivity contribution >= 4 is 28.9 Å². The average molecular weight is 393 g/mol. The lowest BCUT2D eigenvalue weighted by molar-refractivity contribution is 0.0690. The zero-order valence-corrected chi connectivity index (χ0v) is 16.6. The highest BCUT2D eigenvalue weighted by Gasteiger charge is 2.15. The van der Waals surface area contributed by atoms with Gasteiger partial charge in [-0.2, -0.15) is 0 Å². The number of carboxylic acids is 1. The van der Waals surface area contributed by atoms with Crippen LogP contribution in [-0.4, -0.2) is 48.2 Å². The number of thiazole rings is 1. The molecule has 2 aromatic rings. The third-order valence-corrected chi connectivity index (χ3v) is 4.70. The molecule has 0 spiro atoms. The van der Waals surface area contributed by atoms with Crippen LogP contribution in [0, 0.1) is 18.8 Å². The molecule has 26 heavy (non-hydrogen) atoms. The molecule has 1 aromatic carbocycles. The van der Waals surface area contributed by atoms with Crippen molar-refractivity contribution in [2.24, 2.45) is 0 Å². The first-order valence-corrected chi connectivity index (χ1v) is 9.32. The van der Waals surface area contributed by atoms with Gasteiger partial charge in [-0.25, -0.2) is 9.78 Å². The van der Waals surface area contributed by atoms with Crippen LogP contribution >= 0.6 is 22.9 Å². The topological polar surface area (TPSA) is 62.7 Å². The molecule has 0 amide bonds. The summed E-state index contributed by atoms with van der Waals surface area (Å²) in [5.41, 5.74) is 0.988. The average Bonchev–Trinajstić information content (AvgIpc) is 2.94. The van der Waals surface area contributed by atoms with Gasteiger partial charge in [-0.05, 0) is 52.1 Å². The molecule has 0 fully saturated rings. The number of hydrogen-bond acceptors (Lipinski definition) is 5. The van der Waals surface area contributed by atoms with Crippen LogP contribution in [0.5, 0.6) is 5.75 Å². The number of aromatic carboxylic acids is 1. The monoisotopic (exact) mass is 392 g/mol. The van der Waals surface area contributed by atoms with Crippen LogP contribution in [0.2, 0.25) is 5.02 Å². The Balaban J connectivity index is 1.88. The molecule has 0 bridgehead atoms. The normalized spacial score (nSPS) is 10.5. The van der Waals surface area contributed by atoms with E-state index in [-0.39, 0.29) is 5.69 Å². The molecule has 0 saturated heterocycles. The second kappa shape index (κ2) is 9.58. The van der Waals surface area contributed by atoms with E-state index in [1.807, 2.05) is 31.1 Å². The number of nitrogens with zero attached hydrogens (tertiary/aromatic N) is 2. The molecule has 0 unspecified atom stereocenters. The fourth-order valence-corrected chi connectivity index (χ4v) is 3.42. The van der Waals surface area contributed by atoms with Gasteiger partial charge >= 0.3 is 5.97 Å². The van der Waals surface area contributed by atoms with Gasteiger partial charge in [0.05, 0.1) is 23.2 Å². The quantitative estimate of drug-likeness (QED) is 0.574. The number of aromatic nitrogens is 1. The van der Waals surface area contributed by atoms with Crippen LogP contribution in [0.15, 0.2) is 18.2 Å². The first-order chi connectivity index (χ1) is 12.4. The maximum atomic E-state index is 11.2. The molecular weight excluding hydrogens is 372 g/mol. The standard InChI is InChI=1S/C19H21ClN2O3S/c1-13-21-18(19(23)24)17(26-13)7-5-11-25-16-9-8-14(12-15(16)20)6-4-10-22(2)3/h8-9,12H,5,7,10-11H2,1-3H3,(H,23,24). The van der Waals surface area contributed by atoms with Gasteiger partial charge < -0.3 is 9.84 Å². The smallest absolute Gasteiger partial charge is 0.355 e. The minimum atomic E-state index is -0.987. The number of carboxylic acid groups (broad SMARTS) is 1. The molecule has 5 nitrogen and oxygen atoms in total. The summed E-state index contributed by atoms with van der Waals surface area (Å²) in [6.07, 6.45) is 1.29. The first kappa shape index (κ1) is 20.2. The number of ether oxygens (including phenoxy) is 1. The molecule has 1 heterocycles. The number of halogens is 1. The van der Waals surface area contributed by atoms with E-state index >= 15 is 0 Å². The predicted molar refractivity (Wildman–Crippen MR) is 105 cm³/mol. The maximum absolute atomic E-state index is 11.2. The van der Waals surface area contributed by atoms with Crippen molar-refractivity contribution in [3.05, 3.63) is 44.4 Å². The van der Waals surface area contributed by atoms with Crippen LogP contribution in [0.3, 0.4) is 0 Å². The van der Waals surface area contributed by atoms with Crippen molar-refractivity contribution in [2.45, 2.75) is 19.8 Å². The molecule has 138 valence electrons. The van der Waals surface area contributed by atoms with Gasteiger partial charge in [0, 0.05) is 10.4 Å². The zero-order chi connectivity index (χ0) is 19.1. The molecule has 0 atom stereocenters. The summed E-state index contributed by atoms with van der Waals surface area (Å²) in [5.74, 6) is 5.73. The highest BCUT2D eigenvalue weighted by Crippen LogP contribution is 2.26. The third kappa shape index (κ3) is 6.03. The van der Waals surface area contributed by atoms with E-state index in [9.17, 15) is 4.79 Å². The number of benzene rings is 1. The van der Waals surface area contributed by atoms with Gasteiger partial charge in [0.15, 0.2) is 5.69 Å². The highest BCUT2D eigenvalue weighted by molar-refractivity contribution is 7.11. The van der Waals surface area contributed by atoms with E-state index < -0.39 is 5.97 Å². The number of carbonyl (C=O) groups is 1. The van der Waals surface area contributed by atoms with Gasteiger partial charge in [0.25, 0.3) is 0 Å². The lowest BCUT2D eigenvalue weighted by atomic mass is 10.2. The van der Waals surface area contributed by atoms with Gasteiger partial charge in [0.1, 0.15) is 5.75 Å². The number of hydrogen-bond donors (Lipinski definition) is 1. The first-order valence-electron chi connectivity index (χ1n) is 8.12. The zero-order valence-electron chi connectivity index (χ0n) is 15.0. The highest BCUT2D eigenvalue weighted by atomic mass is 35.5. The Morgan fingerprint density at radius 3 is 2.85 bits per heavy atom. The lowest BCUT2D eigenvalue weighted by Gasteiger charge is -2.08. The molecule has 0 saturated carbocycles. The predicted octanol–water partition coefficient (Wildman–Crippen LogP) is 3.73. The number of aryl methyl sites for hydroxylation is 2. The van der Waals surface area contributed by atoms with Crippen molar-refractivity contribution in [3.63, 3.8) is 0 Å². The Morgan fingerprint density at radius 1 is 1.42 bits per heavy atom. The van der Waals surface area contributed by atoms with Crippen LogP contribution < -0.4 is 4.74 Å². The Morgan fingerprint density at radius 2 is 2.19 bits per heavy atom. The van der Waals surface area contributed by atoms with E-state index in [0.29, 0.717) is 36.8 Å². The SMILES string of the molecule is Cc1nc(C(=O)O)c(CCCOc2ccc(C#CCN(C)C)cc2Cl)s1. The number of rotatable bonds is 7. The van der Waals surface area contributed by atoms with Crippen molar-refractivity contribution in [2.75, 3.05) is 27.2 Å². The molecule has 0 aliphatic rings. The van der Waals surface area contributed by atoms with Gasteiger partial charge in [-0.3, -0.25) is 4.90 Å². The maximum Gasteiger partial charge on any atom is 0.355 e. The van der Waals surface area contributed by atoms with E-state index in [2.05, 4.69) is 16.8 Å². The van der Waals surface area contributed by atoms with Gasteiger partial charge in [0.2, 0.25) is 0 Å². The summed E-state index contributed by atoms with van der Waals surface area (Å²) in [6, 6.07) is 5.47. The fraction of sp³-hybridized carbons (Fsp3) is 0.368. The second-order valence-corrected chi connectivity index (χ2v) is 7.64. The molecule has 1 N–H and O–H groups in total. The van der Waals surface area contributed by atoms with Crippen LogP contribution in [0.25, 0.3) is 0 Å². The molecule has 7 heteroatoms. The van der Waals surface area contributed by atoms with Crippen molar-refractivity contribution < 1.29 is 14.6 Å². The Bertz CT molecular complexity index is 837. The minimum absolute atomic E-state index is 0.145. The van der Waals surface area contributed by atoms with Crippen LogP contribution in [0.4, 0.5) is 0 Å². The van der Waals surface area contributed by atoms with Crippen molar-refractivity contribution in [1.82, 2.24) is 9.88 Å². The minimum Gasteiger partial charge on any atom is -0.492 e. The van der Waals surface area contributed by atoms with E-state index in [4.69, 9.17) is 21.4 Å². The molecular formula is C19H21ClN2O3S. The van der Waals surface area contributed by atoms with E-state index in [0.717, 1.165) is 15.4 Å². The molecule has 2 rings (SSSR count). The Hall–Kier alpha value is -2.07. The van der Waals surface area contributed by atoms with Crippen LogP contribution in [0.1, 0.15) is 32.4 Å². The molecule has 0 aliphatic carbocycles. The summed E-state index contributed by atoms with van der Waals surface area (Å²) in [4.78, 5) is 18.0. The summed E-state index contributed by atoms with van der Waals surface area (Å²) < 4.78 is 5.71. The summed E-state index contributed by atoms with van der Waals surface area (Å²) >= 11 is 7.66. The lowest BCUT2D eigenvalue weighted by Crippen LogP contribution is -2.10. The third-order valence-electron chi connectivity index (χ3n) is 3.37. The summed E-state index contributed by atoms with van der Waals surface area (Å²) in [7, 11) is 3.93. The van der Waals surface area contributed by atoms with Gasteiger partial charge in [-0.15, -0.1) is 11.3 Å². The molecule has 1 aromatic heterocycles. The van der Waals surface area contributed by atoms with Crippen LogP contribution in [-0.2, 0) is 6.42 Å². The van der Waals surface area contributed by atoms with E-state index in [1.54, 1.807) is 13.0 Å².